The summed E-state index contributed by atoms with van der Waals surface area (Å²) in [5, 5.41) is 16.8. The lowest BCUT2D eigenvalue weighted by Gasteiger charge is -2.26. The molecule has 1 amide bonds. The van der Waals surface area contributed by atoms with Crippen LogP contribution in [-0.2, 0) is 14.3 Å². The zero-order valence-corrected chi connectivity index (χ0v) is 16.1. The Morgan fingerprint density at radius 1 is 1.27 bits per heavy atom. The van der Waals surface area contributed by atoms with Gasteiger partial charge in [-0.05, 0) is 45.2 Å². The van der Waals surface area contributed by atoms with Gasteiger partial charge in [-0.3, -0.25) is 14.9 Å². The van der Waals surface area contributed by atoms with Gasteiger partial charge in [-0.2, -0.15) is 0 Å². The number of anilines is 2. The zero-order valence-electron chi connectivity index (χ0n) is 16.1. The van der Waals surface area contributed by atoms with Gasteiger partial charge in [-0.25, -0.2) is 4.79 Å². The number of nitrogens with one attached hydrogen (secondary N) is 2. The molecule has 0 fully saturated rings. The Morgan fingerprint density at radius 2 is 1.88 bits per heavy atom. The Morgan fingerprint density at radius 3 is 2.35 bits per heavy atom. The number of amides is 1. The van der Waals surface area contributed by atoms with E-state index in [9.17, 15) is 19.7 Å². The normalized spacial score (nSPS) is 12.4. The van der Waals surface area contributed by atoms with Gasteiger partial charge in [0.25, 0.3) is 5.69 Å². The summed E-state index contributed by atoms with van der Waals surface area (Å²) in [6, 6.07) is 3.55. The molecule has 1 atom stereocenters. The molecule has 26 heavy (non-hydrogen) atoms. The third-order valence-corrected chi connectivity index (χ3v) is 3.24. The average molecular weight is 365 g/mol. The Balaban J connectivity index is 3.14. The molecule has 0 aliphatic carbocycles. The number of carbonyl (C=O) groups excluding carboxylic acids is 2. The number of nitro groups is 1. The highest BCUT2D eigenvalue weighted by Gasteiger charge is 2.28. The number of nitro benzene ring substituents is 1. The van der Waals surface area contributed by atoms with Gasteiger partial charge in [0.1, 0.15) is 17.3 Å². The van der Waals surface area contributed by atoms with Crippen molar-refractivity contribution >= 4 is 28.9 Å². The van der Waals surface area contributed by atoms with Crippen molar-refractivity contribution in [1.29, 1.82) is 0 Å². The van der Waals surface area contributed by atoms with Gasteiger partial charge in [0.2, 0.25) is 5.91 Å². The van der Waals surface area contributed by atoms with Crippen molar-refractivity contribution in [3.63, 3.8) is 0 Å². The predicted octanol–water partition coefficient (Wildman–Crippen LogP) is 3.72. The summed E-state index contributed by atoms with van der Waals surface area (Å²) < 4.78 is 5.42. The van der Waals surface area contributed by atoms with E-state index in [1.54, 1.807) is 20.8 Å². The topological polar surface area (TPSA) is 111 Å². The van der Waals surface area contributed by atoms with Gasteiger partial charge in [0.15, 0.2) is 0 Å². The lowest BCUT2D eigenvalue weighted by Crippen LogP contribution is -2.37. The molecule has 8 nitrogen and oxygen atoms in total. The molecule has 1 unspecified atom stereocenters. The highest BCUT2D eigenvalue weighted by molar-refractivity contribution is 5.90. The number of benzene rings is 1. The van der Waals surface area contributed by atoms with Crippen molar-refractivity contribution in [2.45, 2.75) is 59.6 Å². The molecule has 1 rings (SSSR count). The predicted molar refractivity (Wildman–Crippen MR) is 100 cm³/mol. The van der Waals surface area contributed by atoms with E-state index in [-0.39, 0.29) is 23.2 Å². The van der Waals surface area contributed by atoms with Crippen LogP contribution in [0, 0.1) is 16.0 Å². The molecule has 0 heterocycles. The Kier molecular flexibility index (Phi) is 7.11. The van der Waals surface area contributed by atoms with E-state index in [1.165, 1.54) is 25.1 Å². The third kappa shape index (κ3) is 7.08. The van der Waals surface area contributed by atoms with Gasteiger partial charge in [-0.1, -0.05) is 13.8 Å². The highest BCUT2D eigenvalue weighted by Crippen LogP contribution is 2.29. The van der Waals surface area contributed by atoms with E-state index in [1.807, 2.05) is 13.8 Å². The smallest absolute Gasteiger partial charge is 0.329 e. The summed E-state index contributed by atoms with van der Waals surface area (Å²) in [6.45, 7) is 10.5. The minimum Gasteiger partial charge on any atom is -0.458 e. The molecule has 0 saturated heterocycles. The largest absolute Gasteiger partial charge is 0.458 e. The monoisotopic (exact) mass is 365 g/mol. The summed E-state index contributed by atoms with van der Waals surface area (Å²) in [5.41, 5.74) is -0.378. The summed E-state index contributed by atoms with van der Waals surface area (Å²) in [4.78, 5) is 34.5. The van der Waals surface area contributed by atoms with Gasteiger partial charge in [-0.15, -0.1) is 0 Å². The molecule has 0 aliphatic heterocycles. The fourth-order valence-electron chi connectivity index (χ4n) is 2.33. The summed E-state index contributed by atoms with van der Waals surface area (Å²) in [7, 11) is 0. The van der Waals surface area contributed by atoms with Crippen LogP contribution in [0.2, 0.25) is 0 Å². The molecule has 144 valence electrons. The molecule has 2 N–H and O–H groups in total. The molecule has 0 aliphatic rings. The lowest BCUT2D eigenvalue weighted by atomic mass is 10.0. The van der Waals surface area contributed by atoms with Crippen LogP contribution in [0.3, 0.4) is 0 Å². The van der Waals surface area contributed by atoms with Crippen LogP contribution in [0.5, 0.6) is 0 Å². The van der Waals surface area contributed by atoms with Gasteiger partial charge < -0.3 is 15.4 Å². The number of ether oxygens (including phenoxy) is 1. The summed E-state index contributed by atoms with van der Waals surface area (Å²) in [5.74, 6) is -0.615. The van der Waals surface area contributed by atoms with Crippen LogP contribution in [0.25, 0.3) is 0 Å². The Labute approximate surface area is 153 Å². The quantitative estimate of drug-likeness (QED) is 0.433. The number of hydrogen-bond donors (Lipinski definition) is 2. The van der Waals surface area contributed by atoms with Crippen molar-refractivity contribution in [2.75, 3.05) is 10.6 Å². The maximum absolute atomic E-state index is 12.5. The molecule has 1 aromatic carbocycles. The first kappa shape index (κ1) is 21.4. The van der Waals surface area contributed by atoms with Crippen LogP contribution in [0.1, 0.15) is 48.0 Å². The first-order valence-corrected chi connectivity index (χ1v) is 8.44. The minimum absolute atomic E-state index is 0.178. The van der Waals surface area contributed by atoms with E-state index in [0.717, 1.165) is 0 Å². The number of rotatable bonds is 7. The van der Waals surface area contributed by atoms with Crippen LogP contribution < -0.4 is 10.6 Å². The van der Waals surface area contributed by atoms with E-state index >= 15 is 0 Å². The van der Waals surface area contributed by atoms with E-state index in [2.05, 4.69) is 10.6 Å². The molecular weight excluding hydrogens is 338 g/mol. The van der Waals surface area contributed by atoms with Gasteiger partial charge in [0.05, 0.1) is 4.92 Å². The zero-order chi connectivity index (χ0) is 20.1. The second-order valence-electron chi connectivity index (χ2n) is 7.53. The first-order chi connectivity index (χ1) is 11.9. The van der Waals surface area contributed by atoms with Crippen molar-refractivity contribution in [3.05, 3.63) is 28.3 Å². The molecule has 0 bridgehead atoms. The molecule has 1 aromatic rings. The van der Waals surface area contributed by atoms with Crippen LogP contribution in [0.4, 0.5) is 17.1 Å². The standard InChI is InChI=1S/C18H27N3O5/c1-11(2)9-15(17(23)26-18(4,5)6)20-14-8-7-13(19-12(3)22)10-16(14)21(24)25/h7-8,10-11,15,20H,9H2,1-6H3,(H,19,22). The Hall–Kier alpha value is -2.64. The fraction of sp³-hybridized carbons (Fsp3) is 0.556. The number of hydrogen-bond acceptors (Lipinski definition) is 6. The van der Waals surface area contributed by atoms with E-state index < -0.39 is 22.5 Å². The van der Waals surface area contributed by atoms with Crippen molar-refractivity contribution in [3.8, 4) is 0 Å². The average Bonchev–Trinajstić information content (AvgIpc) is 2.44. The minimum atomic E-state index is -0.723. The second kappa shape index (κ2) is 8.64. The molecule has 0 aromatic heterocycles. The number of esters is 1. The summed E-state index contributed by atoms with van der Waals surface area (Å²) >= 11 is 0. The summed E-state index contributed by atoms with van der Waals surface area (Å²) in [6.07, 6.45) is 0.458. The first-order valence-electron chi connectivity index (χ1n) is 8.44. The third-order valence-electron chi connectivity index (χ3n) is 3.24. The van der Waals surface area contributed by atoms with Crippen molar-refractivity contribution in [1.82, 2.24) is 0 Å². The Bertz CT molecular complexity index is 680. The van der Waals surface area contributed by atoms with Crippen LogP contribution >= 0.6 is 0 Å². The van der Waals surface area contributed by atoms with Gasteiger partial charge in [0, 0.05) is 18.7 Å². The number of carbonyl (C=O) groups is 2. The van der Waals surface area contributed by atoms with Gasteiger partial charge >= 0.3 is 5.97 Å². The maximum Gasteiger partial charge on any atom is 0.329 e. The van der Waals surface area contributed by atoms with Crippen molar-refractivity contribution < 1.29 is 19.2 Å². The molecule has 0 spiro atoms. The molecule has 8 heteroatoms. The van der Waals surface area contributed by atoms with E-state index in [0.29, 0.717) is 12.1 Å². The second-order valence-corrected chi connectivity index (χ2v) is 7.53. The molecular formula is C18H27N3O5. The van der Waals surface area contributed by atoms with Crippen LogP contribution in [-0.4, -0.2) is 28.4 Å². The maximum atomic E-state index is 12.5. The highest BCUT2D eigenvalue weighted by atomic mass is 16.6. The van der Waals surface area contributed by atoms with Crippen molar-refractivity contribution in [2.24, 2.45) is 5.92 Å². The fourth-order valence-corrected chi connectivity index (χ4v) is 2.33. The van der Waals surface area contributed by atoms with E-state index in [4.69, 9.17) is 4.74 Å². The lowest BCUT2D eigenvalue weighted by molar-refractivity contribution is -0.383. The van der Waals surface area contributed by atoms with Crippen LogP contribution in [0.15, 0.2) is 18.2 Å². The SMILES string of the molecule is CC(=O)Nc1ccc(NC(CC(C)C)C(=O)OC(C)(C)C)c([N+](=O)[O-])c1. The number of nitrogens with zero attached hydrogens (tertiary/aromatic N) is 1. The molecule has 0 saturated carbocycles. The molecule has 0 radical (unpaired) electrons.